The highest BCUT2D eigenvalue weighted by Gasteiger charge is 2.34. The van der Waals surface area contributed by atoms with Crippen LogP contribution in [0.3, 0.4) is 0 Å². The van der Waals surface area contributed by atoms with Crippen molar-refractivity contribution < 1.29 is 4.74 Å². The monoisotopic (exact) mass is 452 g/mol. The minimum Gasteiger partial charge on any atom is -0.383 e. The van der Waals surface area contributed by atoms with E-state index in [1.54, 1.807) is 13.3 Å². The van der Waals surface area contributed by atoms with E-state index in [4.69, 9.17) is 14.1 Å². The molecule has 0 unspecified atom stereocenters. The number of piperidine rings is 1. The molecule has 4 aromatic rings. The van der Waals surface area contributed by atoms with Crippen LogP contribution in [0.4, 0.5) is 10.8 Å². The molecule has 0 bridgehead atoms. The van der Waals surface area contributed by atoms with Crippen LogP contribution in [0.1, 0.15) is 37.6 Å². The lowest BCUT2D eigenvalue weighted by Gasteiger charge is -2.44. The first-order valence-corrected chi connectivity index (χ1v) is 11.6. The second-order valence-corrected chi connectivity index (χ2v) is 9.48. The third-order valence-corrected chi connectivity index (χ3v) is 6.91. The summed E-state index contributed by atoms with van der Waals surface area (Å²) in [6.07, 6.45) is 11.1. The highest BCUT2D eigenvalue weighted by atomic mass is 32.1. The van der Waals surface area contributed by atoms with Crippen LogP contribution in [-0.4, -0.2) is 59.6 Å². The molecular weight excluding hydrogens is 424 g/mol. The number of hydrogen-bond donors (Lipinski definition) is 2. The molecule has 1 fully saturated rings. The summed E-state index contributed by atoms with van der Waals surface area (Å²) in [6.45, 7) is 6.92. The molecule has 1 aliphatic heterocycles. The van der Waals surface area contributed by atoms with Crippen LogP contribution in [0, 0.1) is 6.92 Å². The van der Waals surface area contributed by atoms with Gasteiger partial charge in [0.15, 0.2) is 11.5 Å². The Hall–Kier alpha value is -2.82. The zero-order chi connectivity index (χ0) is 22.1. The first-order valence-electron chi connectivity index (χ1n) is 10.9. The molecule has 9 nitrogen and oxygen atoms in total. The smallest absolute Gasteiger partial charge is 0.180 e. The number of anilines is 2. The Morgan fingerprint density at radius 2 is 2.22 bits per heavy atom. The van der Waals surface area contributed by atoms with Gasteiger partial charge in [-0.25, -0.2) is 9.97 Å². The first-order chi connectivity index (χ1) is 15.6. The Bertz CT molecular complexity index is 1200. The van der Waals surface area contributed by atoms with E-state index < -0.39 is 0 Å². The molecule has 0 radical (unpaired) electrons. The average molecular weight is 453 g/mol. The Balaban J connectivity index is 1.38. The number of likely N-dealkylation sites (tertiary alicyclic amines) is 1. The van der Waals surface area contributed by atoms with Crippen LogP contribution in [0.5, 0.6) is 0 Å². The van der Waals surface area contributed by atoms with E-state index in [-0.39, 0.29) is 5.54 Å². The van der Waals surface area contributed by atoms with E-state index in [2.05, 4.69) is 38.4 Å². The fourth-order valence-electron chi connectivity index (χ4n) is 4.54. The topological polar surface area (TPSA) is 96.3 Å². The molecule has 0 aliphatic carbocycles. The maximum absolute atomic E-state index is 5.52. The number of ether oxygens (including phenoxy) is 1. The number of fused-ring (bicyclic) bond motifs is 1. The predicted octanol–water partition coefficient (Wildman–Crippen LogP) is 4.02. The fourth-order valence-corrected chi connectivity index (χ4v) is 5.19. The van der Waals surface area contributed by atoms with Crippen molar-refractivity contribution in [1.29, 1.82) is 0 Å². The summed E-state index contributed by atoms with van der Waals surface area (Å²) in [7, 11) is 1.78. The van der Waals surface area contributed by atoms with E-state index in [1.807, 2.05) is 29.9 Å². The number of H-pyrrole nitrogens is 1. The van der Waals surface area contributed by atoms with Crippen molar-refractivity contribution in [2.75, 3.05) is 25.6 Å². The molecule has 0 saturated carbocycles. The minimum absolute atomic E-state index is 0.0633. The molecular formula is C22H28N8OS. The van der Waals surface area contributed by atoms with Gasteiger partial charge in [-0.3, -0.25) is 14.4 Å². The lowest BCUT2D eigenvalue weighted by molar-refractivity contribution is -0.0106. The molecule has 168 valence electrons. The lowest BCUT2D eigenvalue weighted by Crippen LogP contribution is -2.52. The molecule has 0 spiro atoms. The molecule has 1 atom stereocenters. The molecule has 0 aromatic carbocycles. The fraction of sp³-hybridized carbons (Fsp3) is 0.455. The maximum atomic E-state index is 5.52. The number of aryl methyl sites for hydroxylation is 1. The zero-order valence-corrected chi connectivity index (χ0v) is 19.4. The van der Waals surface area contributed by atoms with Crippen molar-refractivity contribution in [2.24, 2.45) is 0 Å². The molecule has 2 N–H and O–H groups in total. The largest absolute Gasteiger partial charge is 0.383 e. The van der Waals surface area contributed by atoms with Crippen LogP contribution in [0.25, 0.3) is 16.9 Å². The number of aromatic nitrogens is 6. The van der Waals surface area contributed by atoms with Gasteiger partial charge in [-0.1, -0.05) is 6.42 Å². The Morgan fingerprint density at radius 1 is 1.31 bits per heavy atom. The molecule has 5 rings (SSSR count). The zero-order valence-electron chi connectivity index (χ0n) is 18.6. The van der Waals surface area contributed by atoms with Crippen LogP contribution in [0.15, 0.2) is 30.9 Å². The summed E-state index contributed by atoms with van der Waals surface area (Å²) >= 11 is 1.45. The summed E-state index contributed by atoms with van der Waals surface area (Å²) < 4.78 is 12.3. The Labute approximate surface area is 191 Å². The van der Waals surface area contributed by atoms with E-state index in [0.29, 0.717) is 0 Å². The van der Waals surface area contributed by atoms with Crippen LogP contribution >= 0.6 is 11.5 Å². The number of nitrogens with one attached hydrogen (secondary N) is 2. The molecule has 5 heterocycles. The first kappa shape index (κ1) is 21.0. The van der Waals surface area contributed by atoms with Gasteiger partial charge in [-0.05, 0) is 50.8 Å². The molecule has 4 aromatic heterocycles. The van der Waals surface area contributed by atoms with Gasteiger partial charge >= 0.3 is 0 Å². The molecule has 10 heteroatoms. The van der Waals surface area contributed by atoms with Gasteiger partial charge in [-0.15, -0.1) is 0 Å². The molecule has 1 saturated heterocycles. The number of rotatable bonds is 7. The molecule has 32 heavy (non-hydrogen) atoms. The quantitative estimate of drug-likeness (QED) is 0.437. The van der Waals surface area contributed by atoms with Crippen molar-refractivity contribution in [2.45, 2.75) is 45.2 Å². The summed E-state index contributed by atoms with van der Waals surface area (Å²) in [5.41, 5.74) is 4.74. The van der Waals surface area contributed by atoms with E-state index in [0.717, 1.165) is 65.2 Å². The van der Waals surface area contributed by atoms with Crippen molar-refractivity contribution in [3.8, 4) is 11.3 Å². The van der Waals surface area contributed by atoms with Gasteiger partial charge in [0.2, 0.25) is 0 Å². The standard InChI is InChI=1S/C22H28N8OS/c1-15-12-30-18(16-9-24-25-10-16)11-23-21(30)20(26-15)27-19-8-17(28-32-19)13-29-7-5-4-6-22(29,2)14-31-3/h8-12H,4-7,13-14H2,1-3H3,(H,24,25)(H,26,27)/t22-/m0/s1. The third kappa shape index (κ3) is 4.01. The van der Waals surface area contributed by atoms with Gasteiger partial charge in [0, 0.05) is 37.2 Å². The van der Waals surface area contributed by atoms with Crippen molar-refractivity contribution >= 4 is 28.0 Å². The van der Waals surface area contributed by atoms with Crippen LogP contribution in [0.2, 0.25) is 0 Å². The highest BCUT2D eigenvalue weighted by molar-refractivity contribution is 7.10. The van der Waals surface area contributed by atoms with Crippen LogP contribution in [-0.2, 0) is 11.3 Å². The van der Waals surface area contributed by atoms with Crippen molar-refractivity contribution in [3.05, 3.63) is 42.2 Å². The number of methoxy groups -OCH3 is 1. The number of hydrogen-bond acceptors (Lipinski definition) is 8. The SMILES string of the molecule is COC[C@]1(C)CCCCN1Cc1cc(Nc2nc(C)cn3c(-c4cn[nH]c4)cnc23)sn1. The van der Waals surface area contributed by atoms with Gasteiger partial charge < -0.3 is 10.1 Å². The Morgan fingerprint density at radius 3 is 3.03 bits per heavy atom. The second kappa shape index (κ2) is 8.61. The normalized spacial score (nSPS) is 19.6. The van der Waals surface area contributed by atoms with Crippen molar-refractivity contribution in [1.82, 2.24) is 33.8 Å². The van der Waals surface area contributed by atoms with Crippen molar-refractivity contribution in [3.63, 3.8) is 0 Å². The molecule has 0 amide bonds. The summed E-state index contributed by atoms with van der Waals surface area (Å²) in [4.78, 5) is 11.8. The van der Waals surface area contributed by atoms with E-state index in [1.165, 1.54) is 24.4 Å². The van der Waals surface area contributed by atoms with E-state index in [9.17, 15) is 0 Å². The minimum atomic E-state index is 0.0633. The maximum Gasteiger partial charge on any atom is 0.180 e. The van der Waals surface area contributed by atoms with Crippen LogP contribution < -0.4 is 5.32 Å². The summed E-state index contributed by atoms with van der Waals surface area (Å²) in [5.74, 6) is 0.720. The third-order valence-electron chi connectivity index (χ3n) is 6.17. The van der Waals surface area contributed by atoms with Gasteiger partial charge in [0.1, 0.15) is 5.00 Å². The average Bonchev–Trinajstić information content (AvgIpc) is 3.51. The molecule has 1 aliphatic rings. The lowest BCUT2D eigenvalue weighted by atomic mass is 9.89. The number of aromatic amines is 1. The summed E-state index contributed by atoms with van der Waals surface area (Å²) in [5, 5.41) is 11.3. The highest BCUT2D eigenvalue weighted by Crippen LogP contribution is 2.32. The number of imidazole rings is 1. The Kier molecular flexibility index (Phi) is 5.66. The van der Waals surface area contributed by atoms with Gasteiger partial charge in [-0.2, -0.15) is 9.47 Å². The summed E-state index contributed by atoms with van der Waals surface area (Å²) in [6, 6.07) is 2.12. The second-order valence-electron chi connectivity index (χ2n) is 8.67. The van der Waals surface area contributed by atoms with E-state index >= 15 is 0 Å². The number of nitrogens with zero attached hydrogens (tertiary/aromatic N) is 6. The predicted molar refractivity (Wildman–Crippen MR) is 125 cm³/mol. The van der Waals surface area contributed by atoms with Gasteiger partial charge in [0.25, 0.3) is 0 Å². The van der Waals surface area contributed by atoms with Gasteiger partial charge in [0.05, 0.1) is 36.1 Å².